The molecule has 11 heavy (non-hydrogen) atoms. The van der Waals surface area contributed by atoms with Crippen molar-refractivity contribution >= 4 is 0 Å². The minimum atomic E-state index is -0.775. The molecule has 1 aliphatic rings. The zero-order valence-electron chi connectivity index (χ0n) is 7.26. The van der Waals surface area contributed by atoms with Gasteiger partial charge < -0.3 is 15.6 Å². The quantitative estimate of drug-likeness (QED) is 0.621. The van der Waals surface area contributed by atoms with Crippen LogP contribution in [0, 0.1) is 0 Å². The average molecular weight is 159 g/mol. The molecule has 0 amide bonds. The monoisotopic (exact) mass is 159 g/mol. The van der Waals surface area contributed by atoms with Crippen molar-refractivity contribution in [1.29, 1.82) is 0 Å². The molecule has 66 valence electrons. The predicted molar refractivity (Wildman–Crippen MR) is 43.3 cm³/mol. The van der Waals surface area contributed by atoms with E-state index in [2.05, 4.69) is 6.92 Å². The lowest BCUT2D eigenvalue weighted by Crippen LogP contribution is -2.68. The molecule has 0 aromatic heterocycles. The third-order valence-corrected chi connectivity index (χ3v) is 2.51. The highest BCUT2D eigenvalue weighted by Crippen LogP contribution is 2.30. The third kappa shape index (κ3) is 1.41. The molecule has 0 radical (unpaired) electrons. The second kappa shape index (κ2) is 2.73. The standard InChI is InChI=1S/C8H17NO2/c1-3-4-7(2,9)8(10)5-11-6-8/h10H,3-6,9H2,1-2H3. The van der Waals surface area contributed by atoms with Crippen LogP contribution in [-0.2, 0) is 4.74 Å². The number of aliphatic hydroxyl groups is 1. The van der Waals surface area contributed by atoms with E-state index in [4.69, 9.17) is 10.5 Å². The Hall–Kier alpha value is -0.120. The Morgan fingerprint density at radius 1 is 1.64 bits per heavy atom. The zero-order chi connectivity index (χ0) is 8.54. The van der Waals surface area contributed by atoms with Crippen LogP contribution in [-0.4, -0.2) is 29.5 Å². The largest absolute Gasteiger partial charge is 0.383 e. The SMILES string of the molecule is CCCC(C)(N)C1(O)COC1. The Balaban J connectivity index is 2.55. The van der Waals surface area contributed by atoms with E-state index in [1.165, 1.54) is 0 Å². The summed E-state index contributed by atoms with van der Waals surface area (Å²) in [5.74, 6) is 0. The summed E-state index contributed by atoms with van der Waals surface area (Å²) in [5, 5.41) is 9.82. The number of hydrogen-bond donors (Lipinski definition) is 2. The van der Waals surface area contributed by atoms with E-state index in [1.807, 2.05) is 6.92 Å². The molecule has 0 saturated carbocycles. The maximum Gasteiger partial charge on any atom is 0.129 e. The van der Waals surface area contributed by atoms with Crippen LogP contribution in [0.5, 0.6) is 0 Å². The molecule has 0 aromatic carbocycles. The molecule has 0 aliphatic carbocycles. The number of nitrogens with two attached hydrogens (primary N) is 1. The van der Waals surface area contributed by atoms with E-state index >= 15 is 0 Å². The smallest absolute Gasteiger partial charge is 0.129 e. The van der Waals surface area contributed by atoms with Gasteiger partial charge in [-0.25, -0.2) is 0 Å². The highest BCUT2D eigenvalue weighted by atomic mass is 16.5. The van der Waals surface area contributed by atoms with Crippen LogP contribution < -0.4 is 5.73 Å². The molecule has 3 heteroatoms. The van der Waals surface area contributed by atoms with Crippen molar-refractivity contribution < 1.29 is 9.84 Å². The van der Waals surface area contributed by atoms with Gasteiger partial charge in [0.2, 0.25) is 0 Å². The summed E-state index contributed by atoms with van der Waals surface area (Å²) >= 11 is 0. The van der Waals surface area contributed by atoms with E-state index in [1.54, 1.807) is 0 Å². The fourth-order valence-electron chi connectivity index (χ4n) is 1.38. The highest BCUT2D eigenvalue weighted by molar-refractivity contribution is 5.04. The number of rotatable bonds is 3. The van der Waals surface area contributed by atoms with E-state index < -0.39 is 11.1 Å². The van der Waals surface area contributed by atoms with Gasteiger partial charge in [0.05, 0.1) is 13.2 Å². The van der Waals surface area contributed by atoms with E-state index in [0.29, 0.717) is 13.2 Å². The fraction of sp³-hybridized carbons (Fsp3) is 1.00. The Morgan fingerprint density at radius 3 is 2.45 bits per heavy atom. The fourth-order valence-corrected chi connectivity index (χ4v) is 1.38. The van der Waals surface area contributed by atoms with Gasteiger partial charge in [-0.3, -0.25) is 0 Å². The third-order valence-electron chi connectivity index (χ3n) is 2.51. The summed E-state index contributed by atoms with van der Waals surface area (Å²) in [6.45, 7) is 4.73. The molecular formula is C8H17NO2. The first-order valence-electron chi connectivity index (χ1n) is 4.11. The van der Waals surface area contributed by atoms with Crippen molar-refractivity contribution in [3.05, 3.63) is 0 Å². The van der Waals surface area contributed by atoms with Gasteiger partial charge in [-0.2, -0.15) is 0 Å². The van der Waals surface area contributed by atoms with Crippen LogP contribution >= 0.6 is 0 Å². The summed E-state index contributed by atoms with van der Waals surface area (Å²) < 4.78 is 4.94. The highest BCUT2D eigenvalue weighted by Gasteiger charge is 2.49. The summed E-state index contributed by atoms with van der Waals surface area (Å²) in [4.78, 5) is 0. The van der Waals surface area contributed by atoms with Gasteiger partial charge in [0.1, 0.15) is 5.60 Å². The van der Waals surface area contributed by atoms with Gasteiger partial charge in [0.15, 0.2) is 0 Å². The maximum absolute atomic E-state index is 9.82. The van der Waals surface area contributed by atoms with Gasteiger partial charge in [0.25, 0.3) is 0 Å². The van der Waals surface area contributed by atoms with E-state index in [9.17, 15) is 5.11 Å². The first-order chi connectivity index (χ1) is 5.02. The molecule has 1 unspecified atom stereocenters. The molecule has 0 bridgehead atoms. The van der Waals surface area contributed by atoms with Crippen molar-refractivity contribution in [3.8, 4) is 0 Å². The van der Waals surface area contributed by atoms with Crippen LogP contribution in [0.15, 0.2) is 0 Å². The summed E-state index contributed by atoms with van der Waals surface area (Å²) in [6.07, 6.45) is 1.84. The van der Waals surface area contributed by atoms with Crippen molar-refractivity contribution in [2.24, 2.45) is 5.73 Å². The Kier molecular flexibility index (Phi) is 2.23. The first kappa shape index (κ1) is 8.97. The van der Waals surface area contributed by atoms with Gasteiger partial charge in [-0.1, -0.05) is 13.3 Å². The first-order valence-corrected chi connectivity index (χ1v) is 4.11. The molecule has 3 nitrogen and oxygen atoms in total. The molecular weight excluding hydrogens is 142 g/mol. The summed E-state index contributed by atoms with van der Waals surface area (Å²) in [7, 11) is 0. The molecule has 1 atom stereocenters. The molecule has 1 rings (SSSR count). The normalized spacial score (nSPS) is 27.3. The van der Waals surface area contributed by atoms with Crippen molar-refractivity contribution in [2.45, 2.75) is 37.8 Å². The Morgan fingerprint density at radius 2 is 2.18 bits per heavy atom. The summed E-state index contributed by atoms with van der Waals surface area (Å²) in [5.41, 5.74) is 4.68. The molecule has 3 N–H and O–H groups in total. The molecule has 1 aliphatic heterocycles. The minimum absolute atomic E-state index is 0.389. The average Bonchev–Trinajstić information content (AvgIpc) is 1.82. The minimum Gasteiger partial charge on any atom is -0.383 e. The number of ether oxygens (including phenoxy) is 1. The van der Waals surface area contributed by atoms with E-state index in [0.717, 1.165) is 12.8 Å². The Labute approximate surface area is 67.5 Å². The molecule has 1 heterocycles. The molecule has 0 spiro atoms. The summed E-state index contributed by atoms with van der Waals surface area (Å²) in [6, 6.07) is 0. The maximum atomic E-state index is 9.82. The Bertz CT molecular complexity index is 141. The van der Waals surface area contributed by atoms with Gasteiger partial charge >= 0.3 is 0 Å². The molecule has 1 fully saturated rings. The van der Waals surface area contributed by atoms with Gasteiger partial charge in [0, 0.05) is 5.54 Å². The van der Waals surface area contributed by atoms with Crippen LogP contribution in [0.3, 0.4) is 0 Å². The predicted octanol–water partition coefficient (Wildman–Crippen LogP) is 0.265. The van der Waals surface area contributed by atoms with E-state index in [-0.39, 0.29) is 0 Å². The zero-order valence-corrected chi connectivity index (χ0v) is 7.26. The topological polar surface area (TPSA) is 55.5 Å². The van der Waals surface area contributed by atoms with Gasteiger partial charge in [-0.05, 0) is 13.3 Å². The van der Waals surface area contributed by atoms with Crippen LogP contribution in [0.1, 0.15) is 26.7 Å². The lowest BCUT2D eigenvalue weighted by atomic mass is 9.77. The lowest BCUT2D eigenvalue weighted by Gasteiger charge is -2.48. The van der Waals surface area contributed by atoms with Crippen LogP contribution in [0.2, 0.25) is 0 Å². The van der Waals surface area contributed by atoms with Crippen LogP contribution in [0.25, 0.3) is 0 Å². The second-order valence-corrected chi connectivity index (χ2v) is 3.69. The number of hydrogen-bond acceptors (Lipinski definition) is 3. The van der Waals surface area contributed by atoms with Crippen LogP contribution in [0.4, 0.5) is 0 Å². The van der Waals surface area contributed by atoms with Crippen molar-refractivity contribution in [3.63, 3.8) is 0 Å². The van der Waals surface area contributed by atoms with Crippen molar-refractivity contribution in [1.82, 2.24) is 0 Å². The van der Waals surface area contributed by atoms with Crippen molar-refractivity contribution in [2.75, 3.05) is 13.2 Å². The second-order valence-electron chi connectivity index (χ2n) is 3.69. The lowest BCUT2D eigenvalue weighted by molar-refractivity contribution is -0.212. The van der Waals surface area contributed by atoms with Gasteiger partial charge in [-0.15, -0.1) is 0 Å². The molecule has 1 saturated heterocycles. The molecule has 0 aromatic rings.